The number of rotatable bonds is 5. The molecule has 0 aliphatic rings. The fourth-order valence-electron chi connectivity index (χ4n) is 1.60. The molecule has 0 bridgehead atoms. The lowest BCUT2D eigenvalue weighted by molar-refractivity contribution is -0.119. The highest BCUT2D eigenvalue weighted by Gasteiger charge is 2.13. The fourth-order valence-corrected chi connectivity index (χ4v) is 1.60. The largest absolute Gasteiger partial charge is 0.451 e. The Hall–Kier alpha value is -3.29. The molecular formula is C14H12N4O4. The topological polar surface area (TPSA) is 124 Å². The van der Waals surface area contributed by atoms with Crippen LogP contribution in [0.25, 0.3) is 0 Å². The van der Waals surface area contributed by atoms with Gasteiger partial charge in [-0.25, -0.2) is 9.78 Å². The zero-order valence-electron chi connectivity index (χ0n) is 11.4. The van der Waals surface area contributed by atoms with Crippen LogP contribution in [0.1, 0.15) is 20.8 Å². The molecule has 0 aliphatic carbocycles. The highest BCUT2D eigenvalue weighted by atomic mass is 16.5. The van der Waals surface area contributed by atoms with Crippen molar-refractivity contribution in [1.29, 1.82) is 0 Å². The summed E-state index contributed by atoms with van der Waals surface area (Å²) in [6, 6.07) is 6.24. The highest BCUT2D eigenvalue weighted by molar-refractivity contribution is 6.03. The van der Waals surface area contributed by atoms with E-state index in [9.17, 15) is 14.4 Å². The second-order valence-electron chi connectivity index (χ2n) is 4.12. The van der Waals surface area contributed by atoms with E-state index in [0.717, 1.165) is 0 Å². The molecule has 1 aromatic carbocycles. The molecule has 112 valence electrons. The average Bonchev–Trinajstić information content (AvgIpc) is 2.53. The second kappa shape index (κ2) is 6.93. The van der Waals surface area contributed by atoms with Gasteiger partial charge in [0.25, 0.3) is 11.8 Å². The van der Waals surface area contributed by atoms with Crippen LogP contribution >= 0.6 is 0 Å². The van der Waals surface area contributed by atoms with Crippen molar-refractivity contribution < 1.29 is 19.1 Å². The van der Waals surface area contributed by atoms with Crippen molar-refractivity contribution in [2.45, 2.75) is 0 Å². The van der Waals surface area contributed by atoms with Crippen molar-refractivity contribution in [3.8, 4) is 0 Å². The lowest BCUT2D eigenvalue weighted by atomic mass is 10.1. The van der Waals surface area contributed by atoms with Gasteiger partial charge in [0.15, 0.2) is 12.3 Å². The molecule has 8 heteroatoms. The maximum absolute atomic E-state index is 11.7. The quantitative estimate of drug-likeness (QED) is 0.769. The van der Waals surface area contributed by atoms with E-state index in [4.69, 9.17) is 10.5 Å². The van der Waals surface area contributed by atoms with E-state index in [-0.39, 0.29) is 16.9 Å². The van der Waals surface area contributed by atoms with E-state index in [1.54, 1.807) is 12.1 Å². The number of aromatic nitrogens is 2. The van der Waals surface area contributed by atoms with Gasteiger partial charge in [0.2, 0.25) is 0 Å². The number of nitrogens with zero attached hydrogens (tertiary/aromatic N) is 2. The van der Waals surface area contributed by atoms with E-state index in [0.29, 0.717) is 0 Å². The van der Waals surface area contributed by atoms with Crippen molar-refractivity contribution in [3.05, 3.63) is 54.1 Å². The summed E-state index contributed by atoms with van der Waals surface area (Å²) in [6.07, 6.45) is 3.96. The van der Waals surface area contributed by atoms with Gasteiger partial charge in [-0.15, -0.1) is 0 Å². The summed E-state index contributed by atoms with van der Waals surface area (Å²) in [6.45, 7) is -0.525. The Labute approximate surface area is 125 Å². The first kappa shape index (κ1) is 15.1. The van der Waals surface area contributed by atoms with Gasteiger partial charge in [-0.3, -0.25) is 14.6 Å². The van der Waals surface area contributed by atoms with Crippen LogP contribution in [0.4, 0.5) is 5.69 Å². The third-order valence-electron chi connectivity index (χ3n) is 2.57. The molecule has 0 unspecified atom stereocenters. The molecule has 3 N–H and O–H groups in total. The van der Waals surface area contributed by atoms with E-state index in [1.165, 1.54) is 30.7 Å². The van der Waals surface area contributed by atoms with Gasteiger partial charge in [0.1, 0.15) is 0 Å². The summed E-state index contributed by atoms with van der Waals surface area (Å²) < 4.78 is 4.79. The Balaban J connectivity index is 1.94. The van der Waals surface area contributed by atoms with Crippen molar-refractivity contribution >= 4 is 23.5 Å². The van der Waals surface area contributed by atoms with Crippen molar-refractivity contribution in [3.63, 3.8) is 0 Å². The molecule has 22 heavy (non-hydrogen) atoms. The Bertz CT molecular complexity index is 703. The maximum Gasteiger partial charge on any atom is 0.359 e. The van der Waals surface area contributed by atoms with Crippen LogP contribution in [-0.2, 0) is 9.53 Å². The summed E-state index contributed by atoms with van der Waals surface area (Å²) in [5.41, 5.74) is 5.60. The molecular weight excluding hydrogens is 288 g/mol. The Morgan fingerprint density at radius 2 is 1.95 bits per heavy atom. The van der Waals surface area contributed by atoms with Gasteiger partial charge in [-0.2, -0.15) is 0 Å². The smallest absolute Gasteiger partial charge is 0.359 e. The number of anilines is 1. The minimum atomic E-state index is -0.772. The van der Waals surface area contributed by atoms with E-state index < -0.39 is 24.4 Å². The third-order valence-corrected chi connectivity index (χ3v) is 2.57. The number of nitrogens with one attached hydrogen (secondary N) is 1. The molecule has 2 amide bonds. The van der Waals surface area contributed by atoms with Crippen LogP contribution in [-0.4, -0.2) is 34.4 Å². The molecule has 0 radical (unpaired) electrons. The number of ether oxygens (including phenoxy) is 1. The first-order valence-corrected chi connectivity index (χ1v) is 6.19. The van der Waals surface area contributed by atoms with Crippen LogP contribution in [0.2, 0.25) is 0 Å². The minimum Gasteiger partial charge on any atom is -0.451 e. The highest BCUT2D eigenvalue weighted by Crippen LogP contribution is 2.13. The summed E-state index contributed by atoms with van der Waals surface area (Å²) in [4.78, 5) is 42.0. The zero-order valence-corrected chi connectivity index (χ0v) is 11.4. The van der Waals surface area contributed by atoms with Crippen LogP contribution in [0.5, 0.6) is 0 Å². The molecule has 2 aromatic rings. The lowest BCUT2D eigenvalue weighted by Gasteiger charge is -2.09. The molecule has 0 atom stereocenters. The van der Waals surface area contributed by atoms with Gasteiger partial charge in [-0.05, 0) is 12.1 Å². The predicted octanol–water partition coefficient (Wildman–Crippen LogP) is 0.371. The monoisotopic (exact) mass is 300 g/mol. The molecule has 0 spiro atoms. The van der Waals surface area contributed by atoms with Crippen molar-refractivity contribution in [2.75, 3.05) is 11.9 Å². The number of nitrogens with two attached hydrogens (primary N) is 1. The van der Waals surface area contributed by atoms with Gasteiger partial charge in [0, 0.05) is 12.4 Å². The van der Waals surface area contributed by atoms with Crippen LogP contribution < -0.4 is 11.1 Å². The zero-order chi connectivity index (χ0) is 15.9. The Morgan fingerprint density at radius 1 is 1.18 bits per heavy atom. The normalized spacial score (nSPS) is 9.82. The lowest BCUT2D eigenvalue weighted by Crippen LogP contribution is -2.23. The van der Waals surface area contributed by atoms with Crippen molar-refractivity contribution in [1.82, 2.24) is 9.97 Å². The summed E-state index contributed by atoms with van der Waals surface area (Å²) in [5, 5.41) is 2.45. The van der Waals surface area contributed by atoms with Crippen LogP contribution in [0.3, 0.4) is 0 Å². The first-order valence-electron chi connectivity index (χ1n) is 6.19. The number of carbonyl (C=O) groups is 3. The molecule has 0 saturated heterocycles. The average molecular weight is 300 g/mol. The summed E-state index contributed by atoms with van der Waals surface area (Å²) >= 11 is 0. The SMILES string of the molecule is NC(=O)c1ccccc1NC(=O)COC(=O)c1cnccn1. The summed E-state index contributed by atoms with van der Waals surface area (Å²) in [5.74, 6) is -2.05. The molecule has 2 rings (SSSR count). The number of para-hydroxylation sites is 1. The van der Waals surface area contributed by atoms with Gasteiger partial charge < -0.3 is 15.8 Å². The first-order chi connectivity index (χ1) is 10.6. The molecule has 0 fully saturated rings. The number of carbonyl (C=O) groups excluding carboxylic acids is 3. The number of hydrogen-bond acceptors (Lipinski definition) is 6. The third kappa shape index (κ3) is 3.85. The number of benzene rings is 1. The number of amides is 2. The molecule has 8 nitrogen and oxygen atoms in total. The number of primary amides is 1. The molecule has 0 saturated carbocycles. The predicted molar refractivity (Wildman–Crippen MR) is 75.9 cm³/mol. The maximum atomic E-state index is 11.7. The molecule has 1 heterocycles. The number of hydrogen-bond donors (Lipinski definition) is 2. The molecule has 0 aliphatic heterocycles. The Kier molecular flexibility index (Phi) is 4.76. The molecule has 1 aromatic heterocycles. The van der Waals surface area contributed by atoms with Gasteiger partial charge >= 0.3 is 5.97 Å². The Morgan fingerprint density at radius 3 is 2.64 bits per heavy atom. The van der Waals surface area contributed by atoms with Crippen molar-refractivity contribution in [2.24, 2.45) is 5.73 Å². The fraction of sp³-hybridized carbons (Fsp3) is 0.0714. The van der Waals surface area contributed by atoms with Gasteiger partial charge in [-0.1, -0.05) is 12.1 Å². The second-order valence-corrected chi connectivity index (χ2v) is 4.12. The van der Waals surface area contributed by atoms with Gasteiger partial charge in [0.05, 0.1) is 17.4 Å². The van der Waals surface area contributed by atoms with E-state index in [1.807, 2.05) is 0 Å². The van der Waals surface area contributed by atoms with Crippen LogP contribution in [0.15, 0.2) is 42.9 Å². The summed E-state index contributed by atoms with van der Waals surface area (Å²) in [7, 11) is 0. The van der Waals surface area contributed by atoms with Crippen LogP contribution in [0, 0.1) is 0 Å². The minimum absolute atomic E-state index is 0.00663. The standard InChI is InChI=1S/C14H12N4O4/c15-13(20)9-3-1-2-4-10(9)18-12(19)8-22-14(21)11-7-16-5-6-17-11/h1-7H,8H2,(H2,15,20)(H,18,19). The van der Waals surface area contributed by atoms with E-state index in [2.05, 4.69) is 15.3 Å². The van der Waals surface area contributed by atoms with E-state index >= 15 is 0 Å². The number of esters is 1.